The third-order valence-corrected chi connectivity index (χ3v) is 2.96. The van der Waals surface area contributed by atoms with Gasteiger partial charge >= 0.3 is 0 Å². The third kappa shape index (κ3) is 2.52. The minimum absolute atomic E-state index is 0. The Labute approximate surface area is 153 Å². The maximum Gasteiger partial charge on any atom is 0.250 e. The van der Waals surface area contributed by atoms with Crippen molar-refractivity contribution in [3.63, 3.8) is 0 Å². The molecule has 3 rings (SSSR count). The number of nitriles is 1. The summed E-state index contributed by atoms with van der Waals surface area (Å²) in [5, 5.41) is 9.10. The van der Waals surface area contributed by atoms with Crippen molar-refractivity contribution in [2.45, 2.75) is 0 Å². The Morgan fingerprint density at radius 3 is 2.00 bits per heavy atom. The predicted molar refractivity (Wildman–Crippen MR) is 67.8 cm³/mol. The average Bonchev–Trinajstić information content (AvgIpc) is 2.76. The van der Waals surface area contributed by atoms with E-state index in [-0.39, 0.29) is 55.4 Å². The normalized spacial score (nSPS) is 10.0. The molecular formula is C16H6N2UV-2. The molecule has 0 amide bonds. The summed E-state index contributed by atoms with van der Waals surface area (Å²) in [6.07, 6.45) is 0. The second-order valence-electron chi connectivity index (χ2n) is 3.86. The van der Waals surface area contributed by atoms with Crippen molar-refractivity contribution in [1.82, 2.24) is 0 Å². The minimum atomic E-state index is 0. The monoisotopic (exact) mass is 515 g/mol. The molecule has 2 aromatic carbocycles. The first-order chi connectivity index (χ1) is 8.86. The van der Waals surface area contributed by atoms with Crippen LogP contribution in [0.1, 0.15) is 11.1 Å². The van der Waals surface area contributed by atoms with Gasteiger partial charge in [-0.05, 0) is 0 Å². The molecule has 0 fully saturated rings. The van der Waals surface area contributed by atoms with Crippen molar-refractivity contribution in [3.05, 3.63) is 76.8 Å². The fraction of sp³-hybridized carbons (Fsp3) is 0. The van der Waals surface area contributed by atoms with E-state index < -0.39 is 0 Å². The second-order valence-corrected chi connectivity index (χ2v) is 3.86. The van der Waals surface area contributed by atoms with E-state index >= 15 is 0 Å². The molecule has 0 bridgehead atoms. The Hall–Kier alpha value is -1.20. The summed E-state index contributed by atoms with van der Waals surface area (Å²) in [5.74, 6) is 0. The van der Waals surface area contributed by atoms with E-state index in [2.05, 4.69) is 17.0 Å². The molecule has 0 saturated carbocycles. The molecule has 2 aromatic rings. The van der Waals surface area contributed by atoms with Crippen LogP contribution in [0.25, 0.3) is 21.5 Å². The van der Waals surface area contributed by atoms with Gasteiger partial charge in [0.1, 0.15) is 0 Å². The smallest absolute Gasteiger partial charge is 0.228 e. The van der Waals surface area contributed by atoms with E-state index in [0.29, 0.717) is 5.57 Å². The van der Waals surface area contributed by atoms with Gasteiger partial charge in [0, 0.05) is 49.7 Å². The van der Waals surface area contributed by atoms with Crippen molar-refractivity contribution in [2.75, 3.05) is 0 Å². The first-order valence-electron chi connectivity index (χ1n) is 5.41. The van der Waals surface area contributed by atoms with Crippen molar-refractivity contribution in [1.29, 1.82) is 5.26 Å². The molecule has 0 saturated heterocycles. The van der Waals surface area contributed by atoms with Gasteiger partial charge in [0.15, 0.2) is 0 Å². The maximum absolute atomic E-state index is 9.10. The number of hydrogen-bond donors (Lipinski definition) is 0. The maximum atomic E-state index is 9.10. The van der Waals surface area contributed by atoms with E-state index in [4.69, 9.17) is 11.8 Å². The van der Waals surface area contributed by atoms with Crippen LogP contribution in [0.15, 0.2) is 42.1 Å². The summed E-state index contributed by atoms with van der Waals surface area (Å²) in [6, 6.07) is 19.5. The number of hydrogen-bond acceptors (Lipinski definition) is 1. The minimum Gasteiger partial charge on any atom is -0.228 e. The standard InChI is InChI=1S/C16H6N2.U.V/c1-18-15(10-17)16-13-8-4-2-6-11(13)12-7-3-5-9-14(12)16;;/h2-5,8-9H;;/q-2;;. The molecule has 91 valence electrons. The summed E-state index contributed by atoms with van der Waals surface area (Å²) in [6.45, 7) is 7.13. The van der Waals surface area contributed by atoms with Crippen LogP contribution in [-0.4, -0.2) is 0 Å². The van der Waals surface area contributed by atoms with E-state index in [1.165, 1.54) is 0 Å². The van der Waals surface area contributed by atoms with Crippen molar-refractivity contribution < 1.29 is 49.7 Å². The molecule has 1 aliphatic carbocycles. The Morgan fingerprint density at radius 1 is 1.10 bits per heavy atom. The van der Waals surface area contributed by atoms with Gasteiger partial charge in [-0.3, -0.25) is 0 Å². The zero-order valence-electron chi connectivity index (χ0n) is 10.3. The van der Waals surface area contributed by atoms with E-state index in [1.54, 1.807) is 0 Å². The quantitative estimate of drug-likeness (QED) is 0.333. The molecule has 2 nitrogen and oxygen atoms in total. The third-order valence-electron chi connectivity index (χ3n) is 2.96. The molecule has 0 spiro atoms. The molecule has 1 radical (unpaired) electrons. The molecule has 0 atom stereocenters. The van der Waals surface area contributed by atoms with Crippen LogP contribution in [0.5, 0.6) is 0 Å². The largest absolute Gasteiger partial charge is 0.250 e. The van der Waals surface area contributed by atoms with Crippen LogP contribution < -0.4 is 0 Å². The van der Waals surface area contributed by atoms with E-state index in [9.17, 15) is 0 Å². The average molecular weight is 515 g/mol. The fourth-order valence-electron chi connectivity index (χ4n) is 2.24. The molecular weight excluding hydrogens is 509 g/mol. The van der Waals surface area contributed by atoms with Gasteiger partial charge < -0.3 is 0 Å². The summed E-state index contributed by atoms with van der Waals surface area (Å²) >= 11 is 0. The van der Waals surface area contributed by atoms with Crippen LogP contribution >= 0.6 is 0 Å². The topological polar surface area (TPSA) is 28.1 Å². The Bertz CT molecular complexity index is 703. The van der Waals surface area contributed by atoms with Crippen LogP contribution in [0, 0.1) is 61.1 Å². The molecule has 0 heterocycles. The van der Waals surface area contributed by atoms with Gasteiger partial charge in [0.2, 0.25) is 0 Å². The number of benzene rings is 2. The number of nitrogens with zero attached hydrogens (tertiary/aromatic N) is 2. The van der Waals surface area contributed by atoms with Gasteiger partial charge in [0.05, 0.1) is 12.6 Å². The first-order valence-corrected chi connectivity index (χ1v) is 5.41. The zero-order valence-corrected chi connectivity index (χ0v) is 15.9. The Morgan fingerprint density at radius 2 is 1.60 bits per heavy atom. The van der Waals surface area contributed by atoms with Crippen LogP contribution in [0.4, 0.5) is 0 Å². The Balaban J connectivity index is 0.000001000. The molecule has 20 heavy (non-hydrogen) atoms. The molecule has 4 heteroatoms. The molecule has 0 unspecified atom stereocenters. The van der Waals surface area contributed by atoms with Gasteiger partial charge in [-0.1, -0.05) is 5.57 Å². The summed E-state index contributed by atoms with van der Waals surface area (Å²) in [4.78, 5) is 3.33. The molecule has 1 aliphatic rings. The van der Waals surface area contributed by atoms with E-state index in [1.807, 2.05) is 42.5 Å². The van der Waals surface area contributed by atoms with Crippen LogP contribution in [0.2, 0.25) is 0 Å². The zero-order chi connectivity index (χ0) is 12.5. The van der Waals surface area contributed by atoms with E-state index in [0.717, 1.165) is 22.3 Å². The van der Waals surface area contributed by atoms with Gasteiger partial charge in [0.25, 0.3) is 5.70 Å². The SMILES string of the molecule is [C-]#[N+]C(C#N)=C1c2ccc[c-]c2-c2[c-]cccc21.[U].[V]. The van der Waals surface area contributed by atoms with Gasteiger partial charge in [-0.2, -0.15) is 35.4 Å². The number of fused-ring (bicyclic) bond motifs is 3. The van der Waals surface area contributed by atoms with Crippen LogP contribution in [-0.2, 0) is 18.6 Å². The van der Waals surface area contributed by atoms with Gasteiger partial charge in [-0.15, -0.1) is 24.3 Å². The van der Waals surface area contributed by atoms with Crippen molar-refractivity contribution in [3.8, 4) is 17.2 Å². The Kier molecular flexibility index (Phi) is 5.89. The number of allylic oxidation sites excluding steroid dienone is 1. The van der Waals surface area contributed by atoms with Crippen molar-refractivity contribution in [2.24, 2.45) is 0 Å². The fourth-order valence-corrected chi connectivity index (χ4v) is 2.24. The van der Waals surface area contributed by atoms with Crippen LogP contribution in [0.3, 0.4) is 0 Å². The first kappa shape index (κ1) is 16.8. The summed E-state index contributed by atoms with van der Waals surface area (Å²) < 4.78 is 0. The summed E-state index contributed by atoms with van der Waals surface area (Å²) in [5.41, 5.74) is 4.43. The number of rotatable bonds is 0. The van der Waals surface area contributed by atoms with Crippen molar-refractivity contribution >= 4 is 5.57 Å². The molecule has 0 N–H and O–H groups in total. The second kappa shape index (κ2) is 6.99. The summed E-state index contributed by atoms with van der Waals surface area (Å²) in [7, 11) is 0. The predicted octanol–water partition coefficient (Wildman–Crippen LogP) is 3.47. The molecule has 0 aliphatic heterocycles. The van der Waals surface area contributed by atoms with Gasteiger partial charge in [-0.25, -0.2) is 21.2 Å². The molecule has 0 aromatic heterocycles.